The number of alkyl halides is 1. The molecule has 0 aliphatic heterocycles. The first-order valence-corrected chi connectivity index (χ1v) is 5.90. The molecule has 4 nitrogen and oxygen atoms in total. The van der Waals surface area contributed by atoms with E-state index in [1.165, 1.54) is 0 Å². The molecule has 17 heavy (non-hydrogen) atoms. The lowest BCUT2D eigenvalue weighted by atomic mass is 10.2. The molecule has 0 amide bonds. The van der Waals surface area contributed by atoms with E-state index in [2.05, 4.69) is 10.3 Å². The second-order valence-electron chi connectivity index (χ2n) is 3.77. The summed E-state index contributed by atoms with van der Waals surface area (Å²) in [5.41, 5.74) is 2.92. The van der Waals surface area contributed by atoms with Gasteiger partial charge in [-0.1, -0.05) is 11.3 Å². The summed E-state index contributed by atoms with van der Waals surface area (Å²) in [5, 5.41) is 8.14. The van der Waals surface area contributed by atoms with Gasteiger partial charge in [0, 0.05) is 12.3 Å². The largest absolute Gasteiger partial charge is 0.494 e. The summed E-state index contributed by atoms with van der Waals surface area (Å²) in [6.45, 7) is 2.03. The van der Waals surface area contributed by atoms with Gasteiger partial charge in [-0.2, -0.15) is 0 Å². The molecule has 0 atom stereocenters. The average molecular weight is 252 g/mol. The minimum atomic E-state index is 0.545. The lowest BCUT2D eigenvalue weighted by Gasteiger charge is -2.08. The quantitative estimate of drug-likeness (QED) is 0.784. The monoisotopic (exact) mass is 251 g/mol. The standard InChI is InChI=1S/C12H14ClN3O/c1-9-3-4-12(17-2)11(7-9)16-8-10(5-6-13)14-15-16/h3-4,7-8H,5-6H2,1-2H3. The molecule has 90 valence electrons. The Morgan fingerprint density at radius 2 is 2.24 bits per heavy atom. The third kappa shape index (κ3) is 2.58. The van der Waals surface area contributed by atoms with Gasteiger partial charge in [0.05, 0.1) is 19.0 Å². The number of ether oxygens (including phenoxy) is 1. The van der Waals surface area contributed by atoms with Gasteiger partial charge in [-0.25, -0.2) is 4.68 Å². The molecule has 0 saturated carbocycles. The Morgan fingerprint density at radius 1 is 1.41 bits per heavy atom. The van der Waals surface area contributed by atoms with Crippen LogP contribution in [0.4, 0.5) is 0 Å². The Bertz CT molecular complexity index is 510. The van der Waals surface area contributed by atoms with Gasteiger partial charge in [0.2, 0.25) is 0 Å². The molecule has 0 fully saturated rings. The molecule has 0 radical (unpaired) electrons. The van der Waals surface area contributed by atoms with Crippen LogP contribution in [0.1, 0.15) is 11.3 Å². The molecule has 0 N–H and O–H groups in total. The van der Waals surface area contributed by atoms with Crippen LogP contribution in [-0.4, -0.2) is 28.0 Å². The van der Waals surface area contributed by atoms with Crippen molar-refractivity contribution in [2.75, 3.05) is 13.0 Å². The first-order valence-electron chi connectivity index (χ1n) is 5.37. The maximum absolute atomic E-state index is 5.67. The molecule has 1 aromatic heterocycles. The zero-order valence-corrected chi connectivity index (χ0v) is 10.6. The molecule has 0 aliphatic rings. The summed E-state index contributed by atoms with van der Waals surface area (Å²) in [6.07, 6.45) is 2.59. The Balaban J connectivity index is 2.40. The van der Waals surface area contributed by atoms with Gasteiger partial charge in [0.15, 0.2) is 0 Å². The highest BCUT2D eigenvalue weighted by Crippen LogP contribution is 2.23. The van der Waals surface area contributed by atoms with Crippen molar-refractivity contribution in [1.29, 1.82) is 0 Å². The molecule has 5 heteroatoms. The fourth-order valence-corrected chi connectivity index (χ4v) is 1.80. The zero-order chi connectivity index (χ0) is 12.3. The summed E-state index contributed by atoms with van der Waals surface area (Å²) in [6, 6.07) is 5.94. The minimum Gasteiger partial charge on any atom is -0.494 e. The van der Waals surface area contributed by atoms with Crippen molar-refractivity contribution < 1.29 is 4.74 Å². The van der Waals surface area contributed by atoms with Crippen molar-refractivity contribution in [2.45, 2.75) is 13.3 Å². The first-order chi connectivity index (χ1) is 8.24. The number of hydrogen-bond donors (Lipinski definition) is 0. The van der Waals surface area contributed by atoms with E-state index in [9.17, 15) is 0 Å². The number of rotatable bonds is 4. The van der Waals surface area contributed by atoms with Crippen molar-refractivity contribution in [1.82, 2.24) is 15.0 Å². The lowest BCUT2D eigenvalue weighted by molar-refractivity contribution is 0.411. The van der Waals surface area contributed by atoms with Crippen LogP contribution in [0.15, 0.2) is 24.4 Å². The highest BCUT2D eigenvalue weighted by Gasteiger charge is 2.08. The highest BCUT2D eigenvalue weighted by molar-refractivity contribution is 6.17. The van der Waals surface area contributed by atoms with Gasteiger partial charge < -0.3 is 4.74 Å². The molecule has 2 rings (SSSR count). The second kappa shape index (κ2) is 5.19. The highest BCUT2D eigenvalue weighted by atomic mass is 35.5. The van der Waals surface area contributed by atoms with Crippen LogP contribution in [0.5, 0.6) is 5.75 Å². The molecule has 0 aliphatic carbocycles. The first kappa shape index (κ1) is 11.9. The van der Waals surface area contributed by atoms with E-state index < -0.39 is 0 Å². The Kier molecular flexibility index (Phi) is 3.64. The van der Waals surface area contributed by atoms with Gasteiger partial charge in [0.25, 0.3) is 0 Å². The van der Waals surface area contributed by atoms with Crippen LogP contribution in [0.3, 0.4) is 0 Å². The van der Waals surface area contributed by atoms with Gasteiger partial charge in [-0.05, 0) is 24.6 Å². The van der Waals surface area contributed by atoms with Crippen LogP contribution < -0.4 is 4.74 Å². The van der Waals surface area contributed by atoms with Crippen LogP contribution in [0.2, 0.25) is 0 Å². The van der Waals surface area contributed by atoms with Gasteiger partial charge in [-0.15, -0.1) is 16.7 Å². The maximum Gasteiger partial charge on any atom is 0.144 e. The average Bonchev–Trinajstić information content (AvgIpc) is 2.78. The minimum absolute atomic E-state index is 0.545. The number of methoxy groups -OCH3 is 1. The fourth-order valence-electron chi connectivity index (χ4n) is 1.61. The molecule has 2 aromatic rings. The summed E-state index contributed by atoms with van der Waals surface area (Å²) in [4.78, 5) is 0. The number of aromatic nitrogens is 3. The molecular weight excluding hydrogens is 238 g/mol. The van der Waals surface area contributed by atoms with E-state index in [-0.39, 0.29) is 0 Å². The van der Waals surface area contributed by atoms with Crippen molar-refractivity contribution in [3.8, 4) is 11.4 Å². The number of hydrogen-bond acceptors (Lipinski definition) is 3. The van der Waals surface area contributed by atoms with Crippen molar-refractivity contribution in [3.05, 3.63) is 35.7 Å². The molecule has 1 heterocycles. The Morgan fingerprint density at radius 3 is 2.94 bits per heavy atom. The van der Waals surface area contributed by atoms with E-state index in [1.54, 1.807) is 11.8 Å². The van der Waals surface area contributed by atoms with Crippen LogP contribution in [-0.2, 0) is 6.42 Å². The Labute approximate surface area is 105 Å². The number of nitrogens with zero attached hydrogens (tertiary/aromatic N) is 3. The fraction of sp³-hybridized carbons (Fsp3) is 0.333. The summed E-state index contributed by atoms with van der Waals surface area (Å²) in [5.74, 6) is 1.32. The van der Waals surface area contributed by atoms with Gasteiger partial charge >= 0.3 is 0 Å². The maximum atomic E-state index is 5.67. The van der Waals surface area contributed by atoms with E-state index in [1.807, 2.05) is 31.3 Å². The summed E-state index contributed by atoms with van der Waals surface area (Å²) >= 11 is 5.67. The summed E-state index contributed by atoms with van der Waals surface area (Å²) < 4.78 is 7.03. The predicted octanol–water partition coefficient (Wildman–Crippen LogP) is 2.37. The van der Waals surface area contributed by atoms with Crippen molar-refractivity contribution in [2.24, 2.45) is 0 Å². The van der Waals surface area contributed by atoms with Crippen LogP contribution >= 0.6 is 11.6 Å². The molecule has 0 spiro atoms. The second-order valence-corrected chi connectivity index (χ2v) is 4.15. The molecule has 1 aromatic carbocycles. The van der Waals surface area contributed by atoms with E-state index in [0.29, 0.717) is 5.88 Å². The number of benzene rings is 1. The predicted molar refractivity (Wildman–Crippen MR) is 67.1 cm³/mol. The third-order valence-electron chi connectivity index (χ3n) is 2.47. The van der Waals surface area contributed by atoms with Crippen molar-refractivity contribution in [3.63, 3.8) is 0 Å². The lowest BCUT2D eigenvalue weighted by Crippen LogP contribution is -1.99. The van der Waals surface area contributed by atoms with Crippen LogP contribution in [0.25, 0.3) is 5.69 Å². The SMILES string of the molecule is COc1ccc(C)cc1-n1cc(CCCl)nn1. The van der Waals surface area contributed by atoms with Gasteiger partial charge in [-0.3, -0.25) is 0 Å². The van der Waals surface area contributed by atoms with Crippen molar-refractivity contribution >= 4 is 11.6 Å². The third-order valence-corrected chi connectivity index (χ3v) is 2.66. The molecule has 0 bridgehead atoms. The normalized spacial score (nSPS) is 10.5. The van der Waals surface area contributed by atoms with Crippen LogP contribution in [0, 0.1) is 6.92 Å². The molecular formula is C12H14ClN3O. The molecule has 0 unspecified atom stereocenters. The zero-order valence-electron chi connectivity index (χ0n) is 9.85. The topological polar surface area (TPSA) is 39.9 Å². The van der Waals surface area contributed by atoms with E-state index >= 15 is 0 Å². The van der Waals surface area contributed by atoms with E-state index in [4.69, 9.17) is 16.3 Å². The molecule has 0 saturated heterocycles. The smallest absolute Gasteiger partial charge is 0.144 e. The van der Waals surface area contributed by atoms with E-state index in [0.717, 1.165) is 29.1 Å². The number of aryl methyl sites for hydroxylation is 2. The summed E-state index contributed by atoms with van der Waals surface area (Å²) in [7, 11) is 1.64. The number of halogens is 1. The Hall–Kier alpha value is -1.55. The van der Waals surface area contributed by atoms with Gasteiger partial charge in [0.1, 0.15) is 11.4 Å².